The van der Waals surface area contributed by atoms with E-state index in [9.17, 15) is 13.6 Å². The zero-order valence-corrected chi connectivity index (χ0v) is 22.6. The van der Waals surface area contributed by atoms with Crippen LogP contribution in [0.3, 0.4) is 0 Å². The monoisotopic (exact) mass is 542 g/mol. The molecule has 38 heavy (non-hydrogen) atoms. The van der Waals surface area contributed by atoms with Gasteiger partial charge in [-0.1, -0.05) is 11.6 Å². The molecule has 1 fully saturated rings. The topological polar surface area (TPSA) is 67.2 Å². The van der Waals surface area contributed by atoms with Crippen LogP contribution in [-0.4, -0.2) is 57.7 Å². The van der Waals surface area contributed by atoms with Crippen molar-refractivity contribution in [2.24, 2.45) is 5.92 Å². The molecule has 1 aromatic carbocycles. The third-order valence-electron chi connectivity index (χ3n) is 7.78. The molecule has 2 aromatic heterocycles. The van der Waals surface area contributed by atoms with E-state index < -0.39 is 11.6 Å². The van der Waals surface area contributed by atoms with Gasteiger partial charge in [-0.3, -0.25) is 9.36 Å². The van der Waals surface area contributed by atoms with Crippen molar-refractivity contribution in [3.63, 3.8) is 0 Å². The van der Waals surface area contributed by atoms with Crippen LogP contribution in [0.25, 0.3) is 5.69 Å². The van der Waals surface area contributed by atoms with Crippen LogP contribution in [0.4, 0.5) is 14.6 Å². The minimum absolute atomic E-state index is 0.148. The lowest BCUT2D eigenvalue weighted by molar-refractivity contribution is -0.128. The molecule has 10 heteroatoms. The van der Waals surface area contributed by atoms with Crippen LogP contribution in [0.5, 0.6) is 0 Å². The van der Waals surface area contributed by atoms with E-state index in [1.807, 2.05) is 17.0 Å². The number of rotatable bonds is 6. The highest BCUT2D eigenvalue weighted by Gasteiger charge is 2.30. The molecule has 0 aliphatic carbocycles. The van der Waals surface area contributed by atoms with Crippen LogP contribution in [-0.2, 0) is 17.6 Å². The van der Waals surface area contributed by atoms with E-state index in [1.165, 1.54) is 5.56 Å². The number of carbonyl (C=O) groups is 1. The first kappa shape index (κ1) is 26.5. The SMILES string of the molecule is CN(C)C(=O)CCCC1CCc2cc(Cl)ccc2-n2c(nnc2C2CCN(c3ncc(F)cc3F)CC2)C1. The van der Waals surface area contributed by atoms with Gasteiger partial charge in [-0.2, -0.15) is 0 Å². The molecule has 1 atom stereocenters. The molecular weight excluding hydrogens is 510 g/mol. The van der Waals surface area contributed by atoms with Crippen LogP contribution >= 0.6 is 11.6 Å². The first-order valence-corrected chi connectivity index (χ1v) is 13.7. The molecule has 0 bridgehead atoms. The van der Waals surface area contributed by atoms with Crippen LogP contribution in [0.1, 0.15) is 61.7 Å². The summed E-state index contributed by atoms with van der Waals surface area (Å²) in [6.07, 6.45) is 7.62. The molecule has 2 aliphatic heterocycles. The van der Waals surface area contributed by atoms with E-state index in [1.54, 1.807) is 19.0 Å². The van der Waals surface area contributed by atoms with Crippen LogP contribution in [0.2, 0.25) is 5.02 Å². The average Bonchev–Trinajstić information content (AvgIpc) is 3.28. The molecule has 0 N–H and O–H groups in total. The van der Waals surface area contributed by atoms with Gasteiger partial charge in [-0.25, -0.2) is 13.8 Å². The predicted octanol–water partition coefficient (Wildman–Crippen LogP) is 5.34. The van der Waals surface area contributed by atoms with Crippen molar-refractivity contribution in [3.8, 4) is 5.69 Å². The summed E-state index contributed by atoms with van der Waals surface area (Å²) in [6.45, 7) is 1.19. The van der Waals surface area contributed by atoms with Crippen molar-refractivity contribution < 1.29 is 13.6 Å². The van der Waals surface area contributed by atoms with E-state index in [4.69, 9.17) is 11.6 Å². The maximum absolute atomic E-state index is 14.3. The molecule has 0 spiro atoms. The second-order valence-corrected chi connectivity index (χ2v) is 11.0. The molecule has 5 rings (SSSR count). The highest BCUT2D eigenvalue weighted by molar-refractivity contribution is 6.30. The zero-order chi connectivity index (χ0) is 26.8. The Kier molecular flexibility index (Phi) is 7.93. The number of halogens is 3. The summed E-state index contributed by atoms with van der Waals surface area (Å²) in [4.78, 5) is 19.6. The van der Waals surface area contributed by atoms with Gasteiger partial charge in [-0.05, 0) is 68.2 Å². The van der Waals surface area contributed by atoms with Crippen LogP contribution in [0, 0.1) is 17.6 Å². The first-order valence-electron chi connectivity index (χ1n) is 13.3. The van der Waals surface area contributed by atoms with Gasteiger partial charge in [-0.15, -0.1) is 10.2 Å². The minimum Gasteiger partial charge on any atom is -0.354 e. The third-order valence-corrected chi connectivity index (χ3v) is 8.02. The first-order chi connectivity index (χ1) is 18.3. The lowest BCUT2D eigenvalue weighted by Crippen LogP contribution is -2.35. The van der Waals surface area contributed by atoms with Crippen molar-refractivity contribution in [2.75, 3.05) is 32.1 Å². The van der Waals surface area contributed by atoms with Gasteiger partial charge in [0.15, 0.2) is 11.6 Å². The molecule has 4 heterocycles. The number of carbonyl (C=O) groups excluding carboxylic acids is 1. The Morgan fingerprint density at radius 3 is 2.66 bits per heavy atom. The summed E-state index contributed by atoms with van der Waals surface area (Å²) in [7, 11) is 3.58. The number of hydrogen-bond donors (Lipinski definition) is 0. The number of nitrogens with zero attached hydrogens (tertiary/aromatic N) is 6. The highest BCUT2D eigenvalue weighted by atomic mass is 35.5. The number of benzene rings is 1. The molecule has 1 saturated heterocycles. The summed E-state index contributed by atoms with van der Waals surface area (Å²) in [5.41, 5.74) is 2.24. The Morgan fingerprint density at radius 1 is 1.13 bits per heavy atom. The molecule has 1 unspecified atom stereocenters. The van der Waals surface area contributed by atoms with E-state index in [-0.39, 0.29) is 17.6 Å². The number of aromatic nitrogens is 4. The third kappa shape index (κ3) is 5.67. The van der Waals surface area contributed by atoms with Gasteiger partial charge in [0.1, 0.15) is 17.5 Å². The fourth-order valence-corrected chi connectivity index (χ4v) is 5.88. The second-order valence-electron chi connectivity index (χ2n) is 10.6. The number of pyridine rings is 1. The van der Waals surface area contributed by atoms with E-state index in [0.717, 1.165) is 74.5 Å². The largest absolute Gasteiger partial charge is 0.354 e. The van der Waals surface area contributed by atoms with Crippen molar-refractivity contribution in [3.05, 3.63) is 64.3 Å². The minimum atomic E-state index is -0.676. The summed E-state index contributed by atoms with van der Waals surface area (Å²) in [6, 6.07) is 6.88. The normalized spacial score (nSPS) is 17.9. The number of fused-ring (bicyclic) bond motifs is 3. The molecule has 0 saturated carbocycles. The Morgan fingerprint density at radius 2 is 1.92 bits per heavy atom. The van der Waals surface area contributed by atoms with Crippen molar-refractivity contribution in [1.82, 2.24) is 24.6 Å². The molecule has 7 nitrogen and oxygen atoms in total. The number of amides is 1. The Bertz CT molecular complexity index is 1300. The van der Waals surface area contributed by atoms with Crippen LogP contribution in [0.15, 0.2) is 30.5 Å². The summed E-state index contributed by atoms with van der Waals surface area (Å²) >= 11 is 6.39. The van der Waals surface area contributed by atoms with Gasteiger partial charge in [0.05, 0.1) is 11.9 Å². The Balaban J connectivity index is 1.37. The van der Waals surface area contributed by atoms with Crippen molar-refractivity contribution in [1.29, 1.82) is 0 Å². The lowest BCUT2D eigenvalue weighted by atomic mass is 9.89. The predicted molar refractivity (Wildman–Crippen MR) is 143 cm³/mol. The number of aryl methyl sites for hydroxylation is 1. The van der Waals surface area contributed by atoms with Gasteiger partial charge in [0, 0.05) is 57.0 Å². The maximum Gasteiger partial charge on any atom is 0.222 e. The van der Waals surface area contributed by atoms with Crippen LogP contribution < -0.4 is 4.90 Å². The molecule has 3 aromatic rings. The smallest absolute Gasteiger partial charge is 0.222 e. The molecule has 1 amide bonds. The maximum atomic E-state index is 14.3. The standard InChI is InChI=1S/C28H33ClF2N6O/c1-35(2)26(38)5-3-4-18-6-7-20-15-21(29)8-9-24(20)37-25(14-18)33-34-27(37)19-10-12-36(13-11-19)28-23(31)16-22(30)17-32-28/h8-9,15-19H,3-7,10-14H2,1-2H3. The number of hydrogen-bond acceptors (Lipinski definition) is 5. The number of piperidine rings is 1. The lowest BCUT2D eigenvalue weighted by Gasteiger charge is -2.33. The van der Waals surface area contributed by atoms with E-state index in [2.05, 4.69) is 25.8 Å². The molecule has 2 aliphatic rings. The van der Waals surface area contributed by atoms with Gasteiger partial charge in [0.2, 0.25) is 5.91 Å². The van der Waals surface area contributed by atoms with Gasteiger partial charge in [0.25, 0.3) is 0 Å². The van der Waals surface area contributed by atoms with Crippen molar-refractivity contribution in [2.45, 2.75) is 57.3 Å². The zero-order valence-electron chi connectivity index (χ0n) is 21.8. The Hall–Kier alpha value is -3.07. The summed E-state index contributed by atoms with van der Waals surface area (Å²) in [5, 5.41) is 10.0. The van der Waals surface area contributed by atoms with Gasteiger partial charge < -0.3 is 9.80 Å². The Labute approximate surface area is 226 Å². The second kappa shape index (κ2) is 11.4. The molecular formula is C28H33ClF2N6O. The van der Waals surface area contributed by atoms with E-state index in [0.29, 0.717) is 30.5 Å². The molecule has 0 radical (unpaired) electrons. The van der Waals surface area contributed by atoms with Crippen molar-refractivity contribution >= 4 is 23.3 Å². The number of anilines is 1. The quantitative estimate of drug-likeness (QED) is 0.420. The average molecular weight is 543 g/mol. The van der Waals surface area contributed by atoms with Gasteiger partial charge >= 0.3 is 0 Å². The fraction of sp³-hybridized carbons (Fsp3) is 0.500. The fourth-order valence-electron chi connectivity index (χ4n) is 5.68. The highest BCUT2D eigenvalue weighted by Crippen LogP contribution is 2.35. The summed E-state index contributed by atoms with van der Waals surface area (Å²) in [5.74, 6) is 1.42. The van der Waals surface area contributed by atoms with E-state index >= 15 is 0 Å². The molecule has 202 valence electrons. The summed E-state index contributed by atoms with van der Waals surface area (Å²) < 4.78 is 29.9.